The van der Waals surface area contributed by atoms with E-state index in [1.165, 1.54) is 31.0 Å². The number of piperidine rings is 2. The van der Waals surface area contributed by atoms with Gasteiger partial charge in [0.15, 0.2) is 0 Å². The van der Waals surface area contributed by atoms with Gasteiger partial charge in [-0.1, -0.05) is 34.8 Å². The van der Waals surface area contributed by atoms with Crippen LogP contribution in [0.15, 0.2) is 30.3 Å². The number of phenols is 1. The zero-order chi connectivity index (χ0) is 26.6. The van der Waals surface area contributed by atoms with Gasteiger partial charge in [0.25, 0.3) is 5.91 Å². The second kappa shape index (κ2) is 18.0. The number of carbonyl (C=O) groups is 1. The molecule has 2 aliphatic heterocycles. The summed E-state index contributed by atoms with van der Waals surface area (Å²) in [5.41, 5.74) is 0.828. The molecule has 3 aromatic rings. The van der Waals surface area contributed by atoms with Crippen LogP contribution in [0.3, 0.4) is 0 Å². The summed E-state index contributed by atoms with van der Waals surface area (Å²) in [6, 6.07) is 7.49. The van der Waals surface area contributed by atoms with E-state index in [0.717, 1.165) is 51.9 Å². The number of phenolic OH excluding ortho intramolecular Hbond substituents is 1. The van der Waals surface area contributed by atoms with E-state index in [-0.39, 0.29) is 69.8 Å². The standard InChI is InChI=1S/C26H28Cl3N7O2.ClH.4H3N.4H2/c27-16-7-8-18(21(37)13-16)23(38)31-22-19(28)14-17(15-20(22)29)30-24-32-25(35-9-3-1-4-10-35)34-26(33-24)36-11-5-2-6-12-36;;;;;;;;;/h7-8,13-15,37H,1-6,9-12H2,(H,31,38)(H,30,32,33,34);1H;4*1H3;4*1H. The maximum absolute atomic E-state index is 12.7. The van der Waals surface area contributed by atoms with Gasteiger partial charge in [0.05, 0.1) is 21.3 Å². The van der Waals surface area contributed by atoms with Crippen LogP contribution < -0.4 is 45.0 Å². The molecular formula is C26H49Cl4N11O2. The Kier molecular flexibility index (Phi) is 16.8. The molecule has 13 nitrogen and oxygen atoms in total. The molecule has 1 amide bonds. The second-order valence-corrected chi connectivity index (χ2v) is 10.7. The molecule has 3 heterocycles. The molecular weight excluding hydrogens is 640 g/mol. The lowest BCUT2D eigenvalue weighted by Crippen LogP contribution is -2.34. The number of aromatic nitrogens is 3. The molecule has 15 N–H and O–H groups in total. The van der Waals surface area contributed by atoms with Crippen LogP contribution in [0.4, 0.5) is 29.2 Å². The average Bonchev–Trinajstić information content (AvgIpc) is 2.91. The summed E-state index contributed by atoms with van der Waals surface area (Å²) in [6.07, 6.45) is 6.87. The minimum atomic E-state index is -0.571. The highest BCUT2D eigenvalue weighted by atomic mass is 35.5. The summed E-state index contributed by atoms with van der Waals surface area (Å²) in [7, 11) is 0. The Balaban J connectivity index is -0.000000653. The number of nitrogens with zero attached hydrogens (tertiary/aromatic N) is 5. The summed E-state index contributed by atoms with van der Waals surface area (Å²) >= 11 is 18.9. The van der Waals surface area contributed by atoms with Gasteiger partial charge in [-0.25, -0.2) is 0 Å². The van der Waals surface area contributed by atoms with E-state index >= 15 is 0 Å². The molecule has 2 aliphatic rings. The van der Waals surface area contributed by atoms with E-state index in [4.69, 9.17) is 49.8 Å². The second-order valence-electron chi connectivity index (χ2n) is 9.41. The monoisotopic (exact) mass is 687 g/mol. The van der Waals surface area contributed by atoms with Crippen molar-refractivity contribution in [2.75, 3.05) is 46.6 Å². The van der Waals surface area contributed by atoms with Crippen molar-refractivity contribution in [3.8, 4) is 5.75 Å². The lowest BCUT2D eigenvalue weighted by Gasteiger charge is -2.30. The average molecular weight is 690 g/mol. The molecule has 0 bridgehead atoms. The van der Waals surface area contributed by atoms with Gasteiger partial charge < -0.3 is 50.1 Å². The normalized spacial score (nSPS) is 14.0. The Morgan fingerprint density at radius 2 is 1.26 bits per heavy atom. The summed E-state index contributed by atoms with van der Waals surface area (Å²) in [4.78, 5) is 31.3. The summed E-state index contributed by atoms with van der Waals surface area (Å²) in [5, 5.41) is 16.7. The van der Waals surface area contributed by atoms with Crippen LogP contribution in [0.2, 0.25) is 15.1 Å². The number of amides is 1. The molecule has 0 saturated carbocycles. The van der Waals surface area contributed by atoms with E-state index < -0.39 is 5.91 Å². The third-order valence-corrected chi connectivity index (χ3v) is 7.46. The number of nitrogens with one attached hydrogen (secondary N) is 2. The van der Waals surface area contributed by atoms with Crippen LogP contribution in [0.25, 0.3) is 0 Å². The van der Waals surface area contributed by atoms with Gasteiger partial charge >= 0.3 is 0 Å². The molecule has 2 fully saturated rings. The first-order chi connectivity index (χ1) is 18.4. The molecule has 0 radical (unpaired) electrons. The molecule has 0 aliphatic carbocycles. The Labute approximate surface area is 278 Å². The molecule has 17 heteroatoms. The van der Waals surface area contributed by atoms with Gasteiger partial charge in [-0.2, -0.15) is 15.0 Å². The van der Waals surface area contributed by atoms with Crippen LogP contribution in [-0.4, -0.2) is 52.1 Å². The highest BCUT2D eigenvalue weighted by Crippen LogP contribution is 2.36. The van der Waals surface area contributed by atoms with Crippen molar-refractivity contribution in [3.63, 3.8) is 0 Å². The first-order valence-corrected chi connectivity index (χ1v) is 13.8. The highest BCUT2D eigenvalue weighted by molar-refractivity contribution is 6.40. The van der Waals surface area contributed by atoms with E-state index in [0.29, 0.717) is 28.6 Å². The van der Waals surface area contributed by atoms with Crippen molar-refractivity contribution in [1.82, 2.24) is 39.6 Å². The van der Waals surface area contributed by atoms with Gasteiger partial charge in [0.2, 0.25) is 17.8 Å². The van der Waals surface area contributed by atoms with Gasteiger partial charge in [-0.3, -0.25) is 4.79 Å². The quantitative estimate of drug-likeness (QED) is 0.129. The maximum atomic E-state index is 12.7. The number of hydrogen-bond acceptors (Lipinski definition) is 12. The van der Waals surface area contributed by atoms with Crippen LogP contribution in [0.1, 0.15) is 54.6 Å². The summed E-state index contributed by atoms with van der Waals surface area (Å²) in [6.45, 7) is 3.66. The van der Waals surface area contributed by atoms with Crippen molar-refractivity contribution >= 4 is 82.3 Å². The van der Waals surface area contributed by atoms with Gasteiger partial charge in [-0.05, 0) is 68.9 Å². The number of anilines is 5. The predicted molar refractivity (Wildman–Crippen MR) is 189 cm³/mol. The van der Waals surface area contributed by atoms with Crippen molar-refractivity contribution in [2.45, 2.75) is 38.5 Å². The topological polar surface area (TPSA) is 247 Å². The molecule has 248 valence electrons. The first kappa shape index (κ1) is 40.1. The van der Waals surface area contributed by atoms with Crippen LogP contribution >= 0.6 is 47.2 Å². The zero-order valence-electron chi connectivity index (χ0n) is 23.9. The largest absolute Gasteiger partial charge is 0.507 e. The van der Waals surface area contributed by atoms with E-state index in [2.05, 4.69) is 20.4 Å². The molecule has 2 saturated heterocycles. The van der Waals surface area contributed by atoms with Crippen molar-refractivity contribution < 1.29 is 15.6 Å². The smallest absolute Gasteiger partial charge is 0.259 e. The summed E-state index contributed by atoms with van der Waals surface area (Å²) < 4.78 is 0. The van der Waals surface area contributed by atoms with Crippen molar-refractivity contribution in [3.05, 3.63) is 51.0 Å². The lowest BCUT2D eigenvalue weighted by atomic mass is 10.1. The Morgan fingerprint density at radius 3 is 1.72 bits per heavy atom. The molecule has 0 atom stereocenters. The van der Waals surface area contributed by atoms with Gasteiger partial charge in [0, 0.05) is 42.6 Å². The number of benzene rings is 2. The van der Waals surface area contributed by atoms with E-state index in [1.807, 2.05) is 0 Å². The molecule has 0 spiro atoms. The third-order valence-electron chi connectivity index (χ3n) is 6.63. The summed E-state index contributed by atoms with van der Waals surface area (Å²) in [5.74, 6) is 0.900. The van der Waals surface area contributed by atoms with Gasteiger partial charge in [-0.15, -0.1) is 12.4 Å². The minimum Gasteiger partial charge on any atom is -0.507 e. The fourth-order valence-corrected chi connectivity index (χ4v) is 5.40. The zero-order valence-corrected chi connectivity index (χ0v) is 27.0. The predicted octanol–water partition coefficient (Wildman–Crippen LogP) is 8.57. The van der Waals surface area contributed by atoms with Crippen LogP contribution in [-0.2, 0) is 0 Å². The molecule has 2 aromatic carbocycles. The molecule has 5 rings (SSSR count). The fourth-order valence-electron chi connectivity index (χ4n) is 4.65. The van der Waals surface area contributed by atoms with Crippen molar-refractivity contribution in [2.24, 2.45) is 0 Å². The van der Waals surface area contributed by atoms with E-state index in [1.54, 1.807) is 12.1 Å². The highest BCUT2D eigenvalue weighted by Gasteiger charge is 2.21. The first-order valence-electron chi connectivity index (χ1n) is 12.7. The van der Waals surface area contributed by atoms with E-state index in [9.17, 15) is 9.90 Å². The Hall–Kier alpha value is -2.88. The lowest BCUT2D eigenvalue weighted by molar-refractivity contribution is 0.102. The third kappa shape index (κ3) is 9.81. The van der Waals surface area contributed by atoms with Crippen LogP contribution in [0.5, 0.6) is 5.75 Å². The number of carbonyl (C=O) groups excluding carboxylic acids is 1. The van der Waals surface area contributed by atoms with Crippen LogP contribution in [0, 0.1) is 0 Å². The number of rotatable bonds is 6. The Bertz CT molecular complexity index is 1300. The molecule has 0 unspecified atom stereocenters. The number of hydrogen-bond donors (Lipinski definition) is 7. The Morgan fingerprint density at radius 1 is 0.767 bits per heavy atom. The molecule has 1 aromatic heterocycles. The SMILES string of the molecule is Cl.N.N.N.N.O=C(Nc1c(Cl)cc(Nc2nc(N3CCCCC3)nc(N3CCCCC3)n2)cc1Cl)c1ccc(Cl)cc1O.[HH].[HH].[HH].[HH]. The number of aromatic hydroxyl groups is 1. The van der Waals surface area contributed by atoms with Gasteiger partial charge in [0.1, 0.15) is 5.75 Å². The molecule has 43 heavy (non-hydrogen) atoms. The maximum Gasteiger partial charge on any atom is 0.259 e. The number of halogens is 4. The minimum absolute atomic E-state index is 0. The fraction of sp³-hybridized carbons (Fsp3) is 0.385. The van der Waals surface area contributed by atoms with Crippen molar-refractivity contribution in [1.29, 1.82) is 0 Å².